The molecule has 0 aliphatic carbocycles. The maximum atomic E-state index is 11.9. The van der Waals surface area contributed by atoms with Crippen molar-refractivity contribution in [2.45, 2.75) is 24.3 Å². The fourth-order valence-electron chi connectivity index (χ4n) is 2.17. The van der Waals surface area contributed by atoms with Crippen molar-refractivity contribution in [3.8, 4) is 0 Å². The lowest BCUT2D eigenvalue weighted by atomic mass is 9.96. The molecule has 1 aromatic rings. The number of sulfonamides is 1. The smallest absolute Gasteiger partial charge is 0.259 e. The first kappa shape index (κ1) is 16.4. The van der Waals surface area contributed by atoms with Crippen LogP contribution in [-0.2, 0) is 17.1 Å². The van der Waals surface area contributed by atoms with Crippen molar-refractivity contribution in [2.24, 2.45) is 13.0 Å². The highest BCUT2D eigenvalue weighted by Crippen LogP contribution is 2.13. The van der Waals surface area contributed by atoms with Gasteiger partial charge in [0.05, 0.1) is 6.20 Å². The molecule has 1 atom stereocenters. The summed E-state index contributed by atoms with van der Waals surface area (Å²) in [5, 5.41) is 10.6. The second kappa shape index (κ2) is 7.18. The van der Waals surface area contributed by atoms with Crippen LogP contribution in [0.2, 0.25) is 0 Å². The number of rotatable bonds is 5. The van der Waals surface area contributed by atoms with E-state index >= 15 is 0 Å². The normalized spacial score (nSPS) is 19.9. The van der Waals surface area contributed by atoms with Gasteiger partial charge in [0.1, 0.15) is 0 Å². The minimum absolute atomic E-state index is 0. The molecule has 0 spiro atoms. The van der Waals surface area contributed by atoms with Gasteiger partial charge >= 0.3 is 0 Å². The quantitative estimate of drug-likeness (QED) is 0.793. The van der Waals surface area contributed by atoms with E-state index in [4.69, 9.17) is 0 Å². The summed E-state index contributed by atoms with van der Waals surface area (Å²) in [4.78, 5) is 0. The highest BCUT2D eigenvalue weighted by molar-refractivity contribution is 7.89. The summed E-state index contributed by atoms with van der Waals surface area (Å²) in [5.74, 6) is 0.561. The SMILES string of the molecule is Cl.Cn1nncc1S(=O)(=O)NCCC1CCCNC1. The lowest BCUT2D eigenvalue weighted by Gasteiger charge is -2.22. The Hall–Kier alpha value is -0.700. The van der Waals surface area contributed by atoms with Crippen LogP contribution in [0.25, 0.3) is 0 Å². The van der Waals surface area contributed by atoms with Crippen molar-refractivity contribution in [1.82, 2.24) is 25.0 Å². The van der Waals surface area contributed by atoms with Gasteiger partial charge in [0.2, 0.25) is 0 Å². The maximum Gasteiger partial charge on any atom is 0.259 e. The Labute approximate surface area is 119 Å². The van der Waals surface area contributed by atoms with Gasteiger partial charge in [-0.1, -0.05) is 5.21 Å². The molecule has 1 aliphatic heterocycles. The molecule has 7 nitrogen and oxygen atoms in total. The summed E-state index contributed by atoms with van der Waals surface area (Å²) in [6.45, 7) is 2.51. The van der Waals surface area contributed by atoms with Crippen molar-refractivity contribution >= 4 is 22.4 Å². The zero-order valence-corrected chi connectivity index (χ0v) is 12.5. The lowest BCUT2D eigenvalue weighted by Crippen LogP contribution is -2.33. The zero-order chi connectivity index (χ0) is 13.0. The van der Waals surface area contributed by atoms with E-state index < -0.39 is 10.0 Å². The summed E-state index contributed by atoms with van der Waals surface area (Å²) in [5.41, 5.74) is 0. The Bertz CT molecular complexity index is 484. The van der Waals surface area contributed by atoms with Crippen molar-refractivity contribution < 1.29 is 8.42 Å². The molecule has 1 aliphatic rings. The molecule has 0 saturated carbocycles. The van der Waals surface area contributed by atoms with Gasteiger partial charge in [-0.2, -0.15) is 0 Å². The van der Waals surface area contributed by atoms with Gasteiger partial charge in [-0.25, -0.2) is 17.8 Å². The molecule has 0 amide bonds. The van der Waals surface area contributed by atoms with Crippen molar-refractivity contribution in [2.75, 3.05) is 19.6 Å². The molecule has 2 rings (SSSR count). The number of piperidine rings is 1. The highest BCUT2D eigenvalue weighted by Gasteiger charge is 2.19. The number of aryl methyl sites for hydroxylation is 1. The van der Waals surface area contributed by atoms with Crippen LogP contribution in [0.3, 0.4) is 0 Å². The van der Waals surface area contributed by atoms with E-state index in [1.807, 2.05) is 0 Å². The third kappa shape index (κ3) is 4.41. The monoisotopic (exact) mass is 309 g/mol. The maximum absolute atomic E-state index is 11.9. The summed E-state index contributed by atoms with van der Waals surface area (Å²) < 4.78 is 27.7. The van der Waals surface area contributed by atoms with Crippen molar-refractivity contribution in [3.05, 3.63) is 6.20 Å². The van der Waals surface area contributed by atoms with Gasteiger partial charge in [0.15, 0.2) is 5.03 Å². The van der Waals surface area contributed by atoms with Crippen molar-refractivity contribution in [1.29, 1.82) is 0 Å². The number of hydrogen-bond acceptors (Lipinski definition) is 5. The molecular weight excluding hydrogens is 290 g/mol. The van der Waals surface area contributed by atoms with E-state index in [-0.39, 0.29) is 17.4 Å². The molecule has 110 valence electrons. The molecule has 1 aromatic heterocycles. The Morgan fingerprint density at radius 2 is 2.37 bits per heavy atom. The molecule has 1 saturated heterocycles. The van der Waals surface area contributed by atoms with Crippen LogP contribution in [-0.4, -0.2) is 43.0 Å². The molecule has 19 heavy (non-hydrogen) atoms. The topological polar surface area (TPSA) is 88.9 Å². The fourth-order valence-corrected chi connectivity index (χ4v) is 3.27. The molecule has 0 radical (unpaired) electrons. The van der Waals surface area contributed by atoms with E-state index in [0.717, 1.165) is 19.5 Å². The van der Waals surface area contributed by atoms with Gasteiger partial charge in [0.25, 0.3) is 10.0 Å². The summed E-state index contributed by atoms with van der Waals surface area (Å²) in [7, 11) is -1.92. The average Bonchev–Trinajstić information content (AvgIpc) is 2.77. The molecule has 2 heterocycles. The molecular formula is C10H20ClN5O2S. The molecule has 2 N–H and O–H groups in total. The molecule has 1 unspecified atom stereocenters. The van der Waals surface area contributed by atoms with Gasteiger partial charge in [0, 0.05) is 13.6 Å². The minimum atomic E-state index is -3.48. The van der Waals surface area contributed by atoms with E-state index in [9.17, 15) is 8.42 Å². The number of hydrogen-bond donors (Lipinski definition) is 2. The van der Waals surface area contributed by atoms with Crippen LogP contribution >= 0.6 is 12.4 Å². The van der Waals surface area contributed by atoms with Crippen LogP contribution in [0.5, 0.6) is 0 Å². The first-order valence-corrected chi connectivity index (χ1v) is 7.63. The third-order valence-electron chi connectivity index (χ3n) is 3.19. The second-order valence-electron chi connectivity index (χ2n) is 4.59. The van der Waals surface area contributed by atoms with Crippen LogP contribution in [0.4, 0.5) is 0 Å². The van der Waals surface area contributed by atoms with E-state index in [2.05, 4.69) is 20.4 Å². The second-order valence-corrected chi connectivity index (χ2v) is 6.31. The molecule has 9 heteroatoms. The van der Waals surface area contributed by atoms with E-state index in [1.54, 1.807) is 7.05 Å². The Morgan fingerprint density at radius 1 is 1.58 bits per heavy atom. The van der Waals surface area contributed by atoms with Crippen LogP contribution in [0.15, 0.2) is 11.2 Å². The third-order valence-corrected chi connectivity index (χ3v) is 4.70. The molecule has 0 aromatic carbocycles. The van der Waals surface area contributed by atoms with Crippen LogP contribution in [0, 0.1) is 5.92 Å². The lowest BCUT2D eigenvalue weighted by molar-refractivity contribution is 0.358. The summed E-state index contributed by atoms with van der Waals surface area (Å²) in [6.07, 6.45) is 4.45. The fraction of sp³-hybridized carbons (Fsp3) is 0.800. The Morgan fingerprint density at radius 3 is 2.95 bits per heavy atom. The molecule has 1 fully saturated rings. The number of nitrogens with one attached hydrogen (secondary N) is 2. The first-order valence-electron chi connectivity index (χ1n) is 6.14. The van der Waals surface area contributed by atoms with Gasteiger partial charge in [-0.3, -0.25) is 0 Å². The largest absolute Gasteiger partial charge is 0.316 e. The zero-order valence-electron chi connectivity index (χ0n) is 10.9. The summed E-state index contributed by atoms with van der Waals surface area (Å²) >= 11 is 0. The first-order chi connectivity index (χ1) is 8.59. The predicted octanol–water partition coefficient (Wildman–Crippen LogP) is -0.0951. The van der Waals surface area contributed by atoms with Crippen LogP contribution < -0.4 is 10.0 Å². The van der Waals surface area contributed by atoms with E-state index in [1.165, 1.54) is 23.7 Å². The number of nitrogens with zero attached hydrogens (tertiary/aromatic N) is 3. The number of aromatic nitrogens is 3. The number of halogens is 1. The van der Waals surface area contributed by atoms with Gasteiger partial charge in [-0.15, -0.1) is 17.5 Å². The minimum Gasteiger partial charge on any atom is -0.316 e. The van der Waals surface area contributed by atoms with Crippen LogP contribution in [0.1, 0.15) is 19.3 Å². The predicted molar refractivity (Wildman–Crippen MR) is 73.7 cm³/mol. The molecule has 0 bridgehead atoms. The summed E-state index contributed by atoms with van der Waals surface area (Å²) in [6, 6.07) is 0. The van der Waals surface area contributed by atoms with Gasteiger partial charge < -0.3 is 5.32 Å². The van der Waals surface area contributed by atoms with Crippen molar-refractivity contribution in [3.63, 3.8) is 0 Å². The Balaban J connectivity index is 0.00000180. The standard InChI is InChI=1S/C10H19N5O2S.ClH/c1-15-10(8-12-14-15)18(16,17)13-6-4-9-3-2-5-11-7-9;/h8-9,11,13H,2-7H2,1H3;1H. The highest BCUT2D eigenvalue weighted by atomic mass is 35.5. The van der Waals surface area contributed by atoms with Gasteiger partial charge in [-0.05, 0) is 38.3 Å². The van der Waals surface area contributed by atoms with E-state index in [0.29, 0.717) is 12.5 Å². The average molecular weight is 310 g/mol. The Kier molecular flexibility index (Phi) is 6.18.